The lowest BCUT2D eigenvalue weighted by Gasteiger charge is -2.27. The van der Waals surface area contributed by atoms with E-state index in [1.54, 1.807) is 19.2 Å². The Labute approximate surface area is 115 Å². The highest BCUT2D eigenvalue weighted by atomic mass is 19.4. The number of methoxy groups -OCH3 is 1. The summed E-state index contributed by atoms with van der Waals surface area (Å²) in [5.41, 5.74) is 6.76. The van der Waals surface area contributed by atoms with Crippen molar-refractivity contribution >= 4 is 5.69 Å². The van der Waals surface area contributed by atoms with Crippen molar-refractivity contribution in [1.82, 2.24) is 4.90 Å². The predicted molar refractivity (Wildman–Crippen MR) is 71.4 cm³/mol. The summed E-state index contributed by atoms with van der Waals surface area (Å²) in [6.45, 7) is 1.23. The van der Waals surface area contributed by atoms with Crippen molar-refractivity contribution in [2.75, 3.05) is 25.9 Å². The fourth-order valence-electron chi connectivity index (χ4n) is 2.24. The van der Waals surface area contributed by atoms with Crippen LogP contribution in [-0.2, 0) is 6.54 Å². The molecule has 0 fully saturated rings. The Morgan fingerprint density at radius 3 is 2.65 bits per heavy atom. The highest BCUT2D eigenvalue weighted by molar-refractivity contribution is 5.48. The predicted octanol–water partition coefficient (Wildman–Crippen LogP) is 2.97. The minimum Gasteiger partial charge on any atom is -0.496 e. The first kappa shape index (κ1) is 14.7. The van der Waals surface area contributed by atoms with Crippen molar-refractivity contribution in [1.29, 1.82) is 0 Å². The van der Waals surface area contributed by atoms with Crippen LogP contribution in [0.3, 0.4) is 0 Å². The summed E-state index contributed by atoms with van der Waals surface area (Å²) >= 11 is 0. The van der Waals surface area contributed by atoms with Crippen molar-refractivity contribution in [3.05, 3.63) is 35.4 Å². The largest absolute Gasteiger partial charge is 0.496 e. The minimum absolute atomic E-state index is 0.0286. The first-order valence-corrected chi connectivity index (χ1v) is 6.31. The molecule has 110 valence electrons. The highest BCUT2D eigenvalue weighted by Crippen LogP contribution is 2.31. The van der Waals surface area contributed by atoms with Gasteiger partial charge < -0.3 is 10.5 Å². The van der Waals surface area contributed by atoms with Gasteiger partial charge in [-0.15, -0.1) is 0 Å². The molecule has 2 rings (SSSR count). The number of alkyl halides is 3. The van der Waals surface area contributed by atoms with Gasteiger partial charge in [-0.3, -0.25) is 4.90 Å². The van der Waals surface area contributed by atoms with Crippen LogP contribution in [0.25, 0.3) is 0 Å². The molecule has 0 saturated carbocycles. The van der Waals surface area contributed by atoms with Crippen LogP contribution in [0.5, 0.6) is 5.75 Å². The minimum atomic E-state index is -4.20. The molecule has 1 aromatic rings. The second-order valence-electron chi connectivity index (χ2n) is 4.78. The van der Waals surface area contributed by atoms with Crippen molar-refractivity contribution < 1.29 is 17.9 Å². The van der Waals surface area contributed by atoms with Gasteiger partial charge >= 0.3 is 6.18 Å². The summed E-state index contributed by atoms with van der Waals surface area (Å²) in [5.74, 6) is 0.663. The molecule has 0 bridgehead atoms. The van der Waals surface area contributed by atoms with Gasteiger partial charge in [0.25, 0.3) is 0 Å². The molecule has 0 saturated heterocycles. The standard InChI is InChI=1S/C14H17F3N2O/c1-20-13-8-12(18)3-2-10(13)9-19-6-4-11(5-7-19)14(15,16)17/h2-4,8H,5-7,9,18H2,1H3. The van der Waals surface area contributed by atoms with Gasteiger partial charge in [-0.25, -0.2) is 0 Å². The maximum Gasteiger partial charge on any atom is 0.412 e. The van der Waals surface area contributed by atoms with Gasteiger partial charge in [-0.05, 0) is 12.5 Å². The second-order valence-corrected chi connectivity index (χ2v) is 4.78. The van der Waals surface area contributed by atoms with Crippen molar-refractivity contribution in [3.63, 3.8) is 0 Å². The van der Waals surface area contributed by atoms with Crippen LogP contribution in [0.4, 0.5) is 18.9 Å². The Hall–Kier alpha value is -1.69. The molecule has 2 N–H and O–H groups in total. The number of hydrogen-bond acceptors (Lipinski definition) is 3. The molecule has 6 heteroatoms. The Morgan fingerprint density at radius 1 is 1.35 bits per heavy atom. The molecule has 1 aromatic carbocycles. The van der Waals surface area contributed by atoms with Crippen LogP contribution >= 0.6 is 0 Å². The molecule has 0 unspecified atom stereocenters. The Bertz CT molecular complexity index is 512. The molecule has 1 aliphatic rings. The third-order valence-corrected chi connectivity index (χ3v) is 3.36. The van der Waals surface area contributed by atoms with Crippen LogP contribution in [-0.4, -0.2) is 31.3 Å². The summed E-state index contributed by atoms with van der Waals surface area (Å²) in [6.07, 6.45) is -2.92. The molecule has 0 aromatic heterocycles. The number of rotatable bonds is 3. The lowest BCUT2D eigenvalue weighted by atomic mass is 10.1. The normalized spacial score (nSPS) is 16.9. The van der Waals surface area contributed by atoms with E-state index < -0.39 is 11.7 Å². The smallest absolute Gasteiger partial charge is 0.412 e. The molecule has 0 amide bonds. The van der Waals surface area contributed by atoms with Gasteiger partial charge in [-0.1, -0.05) is 12.1 Å². The van der Waals surface area contributed by atoms with E-state index in [0.29, 0.717) is 31.1 Å². The Balaban J connectivity index is 2.05. The third-order valence-electron chi connectivity index (χ3n) is 3.36. The molecular formula is C14H17F3N2O. The number of benzene rings is 1. The average molecular weight is 286 g/mol. The SMILES string of the molecule is COc1cc(N)ccc1CN1CC=C(C(F)(F)F)CC1. The summed E-state index contributed by atoms with van der Waals surface area (Å²) < 4.78 is 42.9. The summed E-state index contributed by atoms with van der Waals surface area (Å²) in [6, 6.07) is 5.33. The maximum atomic E-state index is 12.5. The number of nitrogens with two attached hydrogens (primary N) is 1. The first-order chi connectivity index (χ1) is 9.40. The van der Waals surface area contributed by atoms with Crippen LogP contribution in [0.15, 0.2) is 29.8 Å². The van der Waals surface area contributed by atoms with Crippen molar-refractivity contribution in [2.24, 2.45) is 0 Å². The lowest BCUT2D eigenvalue weighted by molar-refractivity contribution is -0.0960. The lowest BCUT2D eigenvalue weighted by Crippen LogP contribution is -2.31. The van der Waals surface area contributed by atoms with E-state index in [4.69, 9.17) is 10.5 Å². The highest BCUT2D eigenvalue weighted by Gasteiger charge is 2.34. The van der Waals surface area contributed by atoms with E-state index in [0.717, 1.165) is 5.56 Å². The number of nitrogens with zero attached hydrogens (tertiary/aromatic N) is 1. The van der Waals surface area contributed by atoms with E-state index in [1.807, 2.05) is 11.0 Å². The maximum absolute atomic E-state index is 12.5. The van der Waals surface area contributed by atoms with Gasteiger partial charge in [0.1, 0.15) is 5.75 Å². The Kier molecular flexibility index (Phi) is 4.23. The molecular weight excluding hydrogens is 269 g/mol. The number of hydrogen-bond donors (Lipinski definition) is 1. The van der Waals surface area contributed by atoms with Gasteiger partial charge in [0, 0.05) is 42.5 Å². The zero-order chi connectivity index (χ0) is 14.8. The van der Waals surface area contributed by atoms with Crippen LogP contribution in [0.2, 0.25) is 0 Å². The summed E-state index contributed by atoms with van der Waals surface area (Å²) in [4.78, 5) is 1.95. The molecule has 0 spiro atoms. The number of ether oxygens (including phenoxy) is 1. The van der Waals surface area contributed by atoms with Gasteiger partial charge in [0.05, 0.1) is 7.11 Å². The molecule has 0 atom stereocenters. The van der Waals surface area contributed by atoms with Crippen molar-refractivity contribution in [2.45, 2.75) is 19.1 Å². The first-order valence-electron chi connectivity index (χ1n) is 6.31. The second kappa shape index (κ2) is 5.75. The van der Waals surface area contributed by atoms with E-state index in [1.165, 1.54) is 6.08 Å². The molecule has 0 aliphatic carbocycles. The molecule has 3 nitrogen and oxygen atoms in total. The zero-order valence-corrected chi connectivity index (χ0v) is 11.2. The zero-order valence-electron chi connectivity index (χ0n) is 11.2. The van der Waals surface area contributed by atoms with Gasteiger partial charge in [-0.2, -0.15) is 13.2 Å². The number of halogens is 3. The quantitative estimate of drug-likeness (QED) is 0.686. The van der Waals surface area contributed by atoms with Crippen LogP contribution in [0.1, 0.15) is 12.0 Å². The number of anilines is 1. The van der Waals surface area contributed by atoms with E-state index >= 15 is 0 Å². The third kappa shape index (κ3) is 3.45. The fraction of sp³-hybridized carbons (Fsp3) is 0.429. The summed E-state index contributed by atoms with van der Waals surface area (Å²) in [7, 11) is 1.55. The van der Waals surface area contributed by atoms with Crippen molar-refractivity contribution in [3.8, 4) is 5.75 Å². The van der Waals surface area contributed by atoms with E-state index in [2.05, 4.69) is 0 Å². The molecule has 20 heavy (non-hydrogen) atoms. The monoisotopic (exact) mass is 286 g/mol. The van der Waals surface area contributed by atoms with Crippen LogP contribution in [0, 0.1) is 0 Å². The molecule has 0 radical (unpaired) electrons. The van der Waals surface area contributed by atoms with E-state index in [9.17, 15) is 13.2 Å². The Morgan fingerprint density at radius 2 is 2.10 bits per heavy atom. The number of nitrogen functional groups attached to an aromatic ring is 1. The molecule has 1 aliphatic heterocycles. The topological polar surface area (TPSA) is 38.5 Å². The fourth-order valence-corrected chi connectivity index (χ4v) is 2.24. The van der Waals surface area contributed by atoms with Gasteiger partial charge in [0.2, 0.25) is 0 Å². The van der Waals surface area contributed by atoms with E-state index in [-0.39, 0.29) is 6.42 Å². The molecule has 1 heterocycles. The average Bonchev–Trinajstić information content (AvgIpc) is 2.40. The summed E-state index contributed by atoms with van der Waals surface area (Å²) in [5, 5.41) is 0. The van der Waals surface area contributed by atoms with Crippen LogP contribution < -0.4 is 10.5 Å². The van der Waals surface area contributed by atoms with Gasteiger partial charge in [0.15, 0.2) is 0 Å².